The van der Waals surface area contributed by atoms with Crippen molar-refractivity contribution in [2.24, 2.45) is 11.1 Å². The molecular weight excluding hydrogens is 438 g/mol. The number of fused-ring (bicyclic) bond motifs is 3. The van der Waals surface area contributed by atoms with E-state index in [9.17, 15) is 13.2 Å². The third-order valence-electron chi connectivity index (χ3n) is 7.00. The summed E-state index contributed by atoms with van der Waals surface area (Å²) in [6.45, 7) is 0. The fraction of sp³-hybridized carbons (Fsp3) is 0.400. The molecule has 3 unspecified atom stereocenters. The van der Waals surface area contributed by atoms with Gasteiger partial charge in [0.1, 0.15) is 6.10 Å². The van der Waals surface area contributed by atoms with Crippen molar-refractivity contribution in [3.8, 4) is 0 Å². The highest BCUT2D eigenvalue weighted by Crippen LogP contribution is 2.50. The normalized spacial score (nSPS) is 24.5. The predicted molar refractivity (Wildman–Crippen MR) is 128 cm³/mol. The van der Waals surface area contributed by atoms with Crippen molar-refractivity contribution >= 4 is 27.5 Å². The molecule has 1 fully saturated rings. The van der Waals surface area contributed by atoms with Gasteiger partial charge in [-0.25, -0.2) is 18.4 Å². The number of carbonyl (C=O) groups excluding carboxylic acids is 1. The minimum atomic E-state index is -3.75. The van der Waals surface area contributed by atoms with Crippen LogP contribution in [-0.2, 0) is 14.8 Å². The third kappa shape index (κ3) is 4.63. The standard InChI is InChI=1S/C25H29N3O4S/c26-33(30,31)19-13-14-23-22(15-19)20-7-4-8-21(20)24(28-23)16-9-11-17(12-10-16)27-25(29)32-18-5-2-1-3-6-18/h4,7,9-15,18,20-21,24,28H,1-3,5-6,8H2,(H,27,29)(H2,26,30,31). The molecule has 2 aromatic carbocycles. The smallest absolute Gasteiger partial charge is 0.411 e. The molecule has 1 aliphatic heterocycles. The van der Waals surface area contributed by atoms with Crippen LogP contribution in [0.4, 0.5) is 16.2 Å². The van der Waals surface area contributed by atoms with Gasteiger partial charge in [-0.3, -0.25) is 5.32 Å². The summed E-state index contributed by atoms with van der Waals surface area (Å²) in [5, 5.41) is 11.8. The second kappa shape index (κ2) is 8.83. The maximum atomic E-state index is 12.2. The maximum absolute atomic E-state index is 12.2. The Morgan fingerprint density at radius 1 is 1.06 bits per heavy atom. The van der Waals surface area contributed by atoms with Crippen molar-refractivity contribution in [2.45, 2.75) is 61.5 Å². The number of benzene rings is 2. The summed E-state index contributed by atoms with van der Waals surface area (Å²) in [7, 11) is -3.75. The van der Waals surface area contributed by atoms with E-state index < -0.39 is 16.1 Å². The molecule has 1 amide bonds. The van der Waals surface area contributed by atoms with Gasteiger partial charge in [0.25, 0.3) is 0 Å². The molecule has 0 bridgehead atoms. The highest BCUT2D eigenvalue weighted by molar-refractivity contribution is 7.89. The largest absolute Gasteiger partial charge is 0.446 e. The molecule has 5 rings (SSSR count). The number of allylic oxidation sites excluding steroid dienone is 2. The first kappa shape index (κ1) is 22.0. The molecule has 4 N–H and O–H groups in total. The van der Waals surface area contributed by atoms with E-state index >= 15 is 0 Å². The molecule has 0 spiro atoms. The van der Waals surface area contributed by atoms with E-state index in [2.05, 4.69) is 22.8 Å². The van der Waals surface area contributed by atoms with E-state index in [1.54, 1.807) is 18.2 Å². The van der Waals surface area contributed by atoms with Crippen LogP contribution in [0.3, 0.4) is 0 Å². The highest BCUT2D eigenvalue weighted by Gasteiger charge is 2.38. The second-order valence-corrected chi connectivity index (χ2v) is 10.7. The molecule has 174 valence electrons. The fourth-order valence-corrected chi connectivity index (χ4v) is 5.88. The molecule has 2 aromatic rings. The Kier molecular flexibility index (Phi) is 5.88. The quantitative estimate of drug-likeness (QED) is 0.546. The van der Waals surface area contributed by atoms with Crippen molar-refractivity contribution in [2.75, 3.05) is 10.6 Å². The number of sulfonamides is 1. The minimum Gasteiger partial charge on any atom is -0.446 e. The van der Waals surface area contributed by atoms with E-state index in [0.29, 0.717) is 5.69 Å². The number of primary sulfonamides is 1. The number of amides is 1. The van der Waals surface area contributed by atoms with E-state index in [1.807, 2.05) is 24.3 Å². The van der Waals surface area contributed by atoms with Gasteiger partial charge >= 0.3 is 6.09 Å². The van der Waals surface area contributed by atoms with Crippen molar-refractivity contribution in [1.29, 1.82) is 0 Å². The molecule has 0 radical (unpaired) electrons. The first-order valence-electron chi connectivity index (χ1n) is 11.6. The molecule has 0 aromatic heterocycles. The Labute approximate surface area is 194 Å². The number of rotatable bonds is 4. The van der Waals surface area contributed by atoms with Crippen LogP contribution < -0.4 is 15.8 Å². The number of anilines is 2. The first-order valence-corrected chi connectivity index (χ1v) is 13.1. The summed E-state index contributed by atoms with van der Waals surface area (Å²) in [4.78, 5) is 12.4. The van der Waals surface area contributed by atoms with Crippen LogP contribution in [0, 0.1) is 5.92 Å². The molecule has 0 saturated heterocycles. The molecule has 33 heavy (non-hydrogen) atoms. The lowest BCUT2D eigenvalue weighted by molar-refractivity contribution is 0.0865. The Hall–Kier alpha value is -2.84. The van der Waals surface area contributed by atoms with Gasteiger partial charge in [0, 0.05) is 17.3 Å². The SMILES string of the molecule is NS(=O)(=O)c1ccc2c(c1)C1C=CCC1C(c1ccc(NC(=O)OC3CCCCC3)cc1)N2. The zero-order chi connectivity index (χ0) is 23.0. The zero-order valence-corrected chi connectivity index (χ0v) is 19.2. The average Bonchev–Trinajstić information content (AvgIpc) is 3.29. The van der Waals surface area contributed by atoms with Gasteiger partial charge in [-0.2, -0.15) is 0 Å². The number of nitrogens with one attached hydrogen (secondary N) is 2. The Bertz CT molecular complexity index is 1170. The lowest BCUT2D eigenvalue weighted by Crippen LogP contribution is -2.29. The van der Waals surface area contributed by atoms with Gasteiger partial charge in [0.2, 0.25) is 10.0 Å². The summed E-state index contributed by atoms with van der Waals surface area (Å²) in [5.41, 5.74) is 3.69. The number of nitrogens with two attached hydrogens (primary N) is 1. The minimum absolute atomic E-state index is 0.0195. The summed E-state index contributed by atoms with van der Waals surface area (Å²) in [6.07, 6.45) is 10.2. The lowest BCUT2D eigenvalue weighted by Gasteiger charge is -2.37. The number of hydrogen-bond acceptors (Lipinski definition) is 5. The van der Waals surface area contributed by atoms with Gasteiger partial charge in [-0.1, -0.05) is 30.7 Å². The highest BCUT2D eigenvalue weighted by atomic mass is 32.2. The van der Waals surface area contributed by atoms with Crippen molar-refractivity contribution in [3.63, 3.8) is 0 Å². The van der Waals surface area contributed by atoms with E-state index in [-0.39, 0.29) is 28.9 Å². The van der Waals surface area contributed by atoms with E-state index in [0.717, 1.165) is 48.9 Å². The van der Waals surface area contributed by atoms with Crippen molar-refractivity contribution in [3.05, 3.63) is 65.7 Å². The van der Waals surface area contributed by atoms with Crippen molar-refractivity contribution in [1.82, 2.24) is 0 Å². The monoisotopic (exact) mass is 467 g/mol. The van der Waals surface area contributed by atoms with Crippen LogP contribution in [0.5, 0.6) is 0 Å². The number of carbonyl (C=O) groups is 1. The summed E-state index contributed by atoms with van der Waals surface area (Å²) in [5.74, 6) is 0.388. The molecule has 8 heteroatoms. The lowest BCUT2D eigenvalue weighted by atomic mass is 9.77. The van der Waals surface area contributed by atoms with Gasteiger partial charge in [-0.05, 0) is 79.5 Å². The molecule has 1 heterocycles. The van der Waals surface area contributed by atoms with Crippen LogP contribution in [0.2, 0.25) is 0 Å². The van der Waals surface area contributed by atoms with Crippen LogP contribution in [-0.4, -0.2) is 20.6 Å². The third-order valence-corrected chi connectivity index (χ3v) is 7.92. The van der Waals surface area contributed by atoms with Crippen LogP contribution in [0.1, 0.15) is 61.6 Å². The van der Waals surface area contributed by atoms with Crippen molar-refractivity contribution < 1.29 is 17.9 Å². The molecule has 7 nitrogen and oxygen atoms in total. The Morgan fingerprint density at radius 3 is 2.55 bits per heavy atom. The summed E-state index contributed by atoms with van der Waals surface area (Å²) >= 11 is 0. The Morgan fingerprint density at radius 2 is 1.82 bits per heavy atom. The zero-order valence-electron chi connectivity index (χ0n) is 18.4. The predicted octanol–water partition coefficient (Wildman–Crippen LogP) is 5.04. The van der Waals surface area contributed by atoms with E-state index in [1.165, 1.54) is 6.42 Å². The molecule has 3 atom stereocenters. The average molecular weight is 468 g/mol. The van der Waals surface area contributed by atoms with Crippen LogP contribution >= 0.6 is 0 Å². The van der Waals surface area contributed by atoms with Gasteiger partial charge in [-0.15, -0.1) is 0 Å². The summed E-state index contributed by atoms with van der Waals surface area (Å²) in [6, 6.07) is 12.9. The first-order chi connectivity index (χ1) is 15.9. The number of hydrogen-bond donors (Lipinski definition) is 3. The van der Waals surface area contributed by atoms with Gasteiger partial charge < -0.3 is 10.1 Å². The van der Waals surface area contributed by atoms with E-state index in [4.69, 9.17) is 9.88 Å². The molecular formula is C25H29N3O4S. The topological polar surface area (TPSA) is 111 Å². The molecule has 2 aliphatic carbocycles. The number of ether oxygens (including phenoxy) is 1. The molecule has 1 saturated carbocycles. The fourth-order valence-electron chi connectivity index (χ4n) is 5.33. The Balaban J connectivity index is 1.31. The summed E-state index contributed by atoms with van der Waals surface area (Å²) < 4.78 is 29.2. The van der Waals surface area contributed by atoms with Crippen LogP contribution in [0.15, 0.2) is 59.5 Å². The maximum Gasteiger partial charge on any atom is 0.411 e. The van der Waals surface area contributed by atoms with Gasteiger partial charge in [0.15, 0.2) is 0 Å². The second-order valence-electron chi connectivity index (χ2n) is 9.18. The van der Waals surface area contributed by atoms with Gasteiger partial charge in [0.05, 0.1) is 10.9 Å². The van der Waals surface area contributed by atoms with Crippen LogP contribution in [0.25, 0.3) is 0 Å². The molecule has 3 aliphatic rings.